The second-order valence-corrected chi connectivity index (χ2v) is 7.76. The molecule has 148 valence electrons. The zero-order valence-corrected chi connectivity index (χ0v) is 16.6. The van der Waals surface area contributed by atoms with Crippen LogP contribution in [-0.4, -0.2) is 21.7 Å². The molecule has 0 aliphatic rings. The summed E-state index contributed by atoms with van der Waals surface area (Å²) in [5.41, 5.74) is -1.68. The maximum absolute atomic E-state index is 13.1. The van der Waals surface area contributed by atoms with Crippen LogP contribution in [0.15, 0.2) is 40.3 Å². The van der Waals surface area contributed by atoms with Crippen molar-refractivity contribution < 1.29 is 18.0 Å². The minimum atomic E-state index is -4.60. The second-order valence-electron chi connectivity index (χ2n) is 5.87. The van der Waals surface area contributed by atoms with Gasteiger partial charge in [0.25, 0.3) is 5.56 Å². The van der Waals surface area contributed by atoms with Gasteiger partial charge in [-0.05, 0) is 30.9 Å². The van der Waals surface area contributed by atoms with Gasteiger partial charge in [0, 0.05) is 4.88 Å². The minimum Gasteiger partial charge on any atom is -0.324 e. The molecule has 0 bridgehead atoms. The Balaban J connectivity index is 1.94. The number of nitrogens with zero attached hydrogens (tertiary/aromatic N) is 2. The summed E-state index contributed by atoms with van der Waals surface area (Å²) in [7, 11) is 0. The fourth-order valence-corrected chi connectivity index (χ4v) is 4.26. The Labute approximate surface area is 166 Å². The van der Waals surface area contributed by atoms with E-state index in [1.807, 2.05) is 6.92 Å². The maximum atomic E-state index is 13.1. The molecule has 1 N–H and O–H groups in total. The Morgan fingerprint density at radius 1 is 1.32 bits per heavy atom. The Kier molecular flexibility index (Phi) is 5.80. The zero-order chi connectivity index (χ0) is 20.5. The van der Waals surface area contributed by atoms with Gasteiger partial charge < -0.3 is 5.32 Å². The zero-order valence-electron chi connectivity index (χ0n) is 15.0. The van der Waals surface area contributed by atoms with Gasteiger partial charge in [0.2, 0.25) is 5.91 Å². The quantitative estimate of drug-likeness (QED) is 0.484. The van der Waals surface area contributed by atoms with Gasteiger partial charge in [-0.2, -0.15) is 13.2 Å². The number of thiophene rings is 1. The molecule has 3 rings (SSSR count). The van der Waals surface area contributed by atoms with Crippen molar-refractivity contribution in [3.05, 3.63) is 51.1 Å². The fraction of sp³-hybridized carbons (Fsp3) is 0.278. The van der Waals surface area contributed by atoms with Crippen LogP contribution < -0.4 is 10.9 Å². The summed E-state index contributed by atoms with van der Waals surface area (Å²) in [6.45, 7) is 1.53. The summed E-state index contributed by atoms with van der Waals surface area (Å²) in [6.07, 6.45) is -2.13. The molecular formula is C18H16F3N3O2S2. The molecule has 0 fully saturated rings. The maximum Gasteiger partial charge on any atom is 0.418 e. The number of amides is 1. The lowest BCUT2D eigenvalue weighted by atomic mass is 10.1. The molecule has 0 saturated heterocycles. The van der Waals surface area contributed by atoms with Gasteiger partial charge in [0.1, 0.15) is 11.4 Å². The summed E-state index contributed by atoms with van der Waals surface area (Å²) >= 11 is 2.61. The summed E-state index contributed by atoms with van der Waals surface area (Å²) < 4.78 is 40.5. The molecule has 0 aliphatic heterocycles. The van der Waals surface area contributed by atoms with Crippen LogP contribution >= 0.6 is 23.1 Å². The van der Waals surface area contributed by atoms with Crippen LogP contribution in [0.2, 0.25) is 0 Å². The molecule has 0 radical (unpaired) electrons. The number of carbonyl (C=O) groups excluding carboxylic acids is 1. The van der Waals surface area contributed by atoms with Crippen LogP contribution in [0.5, 0.6) is 0 Å². The number of nitrogens with one attached hydrogen (secondary N) is 1. The minimum absolute atomic E-state index is 0.334. The molecule has 0 aliphatic carbocycles. The molecule has 0 atom stereocenters. The number of carbonyl (C=O) groups is 1. The van der Waals surface area contributed by atoms with E-state index in [0.29, 0.717) is 15.4 Å². The lowest BCUT2D eigenvalue weighted by molar-refractivity contribution is -0.137. The first-order valence-corrected chi connectivity index (χ1v) is 10.3. The number of alkyl halides is 3. The number of rotatable bonds is 5. The number of fused-ring (bicyclic) bond motifs is 1. The SMILES string of the molecule is CCc1cc2c(=O)n(CC(=O)Nc3ccccc3C(F)(F)F)c(SC)nc2s1. The van der Waals surface area contributed by atoms with Crippen molar-refractivity contribution in [2.45, 2.75) is 31.2 Å². The third-order valence-corrected chi connectivity index (χ3v) is 5.86. The average molecular weight is 427 g/mol. The molecule has 2 aromatic heterocycles. The summed E-state index contributed by atoms with van der Waals surface area (Å²) in [5.74, 6) is -0.735. The standard InChI is InChI=1S/C18H16F3N3O2S2/c1-3-10-8-11-15(28-10)23-17(27-2)24(16(11)26)9-14(25)22-13-7-5-4-6-12(13)18(19,20)21/h4-8H,3,9H2,1-2H3,(H,22,25). The number of thioether (sulfide) groups is 1. The third kappa shape index (κ3) is 4.07. The molecular weight excluding hydrogens is 411 g/mol. The second kappa shape index (κ2) is 7.96. The monoisotopic (exact) mass is 427 g/mol. The highest BCUT2D eigenvalue weighted by Gasteiger charge is 2.33. The normalized spacial score (nSPS) is 11.8. The van der Waals surface area contributed by atoms with E-state index in [4.69, 9.17) is 0 Å². The number of aromatic nitrogens is 2. The highest BCUT2D eigenvalue weighted by Crippen LogP contribution is 2.34. The van der Waals surface area contributed by atoms with Crippen LogP contribution in [0.4, 0.5) is 18.9 Å². The predicted octanol–water partition coefficient (Wildman–Crippen LogP) is 4.40. The van der Waals surface area contributed by atoms with Crippen LogP contribution in [0.3, 0.4) is 0 Å². The molecule has 1 amide bonds. The third-order valence-electron chi connectivity index (χ3n) is 4.01. The first-order valence-electron chi connectivity index (χ1n) is 8.28. The average Bonchev–Trinajstić information content (AvgIpc) is 3.07. The first-order chi connectivity index (χ1) is 13.2. The van der Waals surface area contributed by atoms with Crippen molar-refractivity contribution >= 4 is 44.9 Å². The van der Waals surface area contributed by atoms with E-state index in [0.717, 1.165) is 17.4 Å². The van der Waals surface area contributed by atoms with E-state index < -0.39 is 24.2 Å². The lowest BCUT2D eigenvalue weighted by Gasteiger charge is -2.14. The van der Waals surface area contributed by atoms with Crippen molar-refractivity contribution in [1.29, 1.82) is 0 Å². The van der Waals surface area contributed by atoms with Crippen molar-refractivity contribution in [3.8, 4) is 0 Å². The van der Waals surface area contributed by atoms with Crippen molar-refractivity contribution in [2.75, 3.05) is 11.6 Å². The van der Waals surface area contributed by atoms with Gasteiger partial charge in [-0.25, -0.2) is 4.98 Å². The van der Waals surface area contributed by atoms with E-state index in [-0.39, 0.29) is 11.2 Å². The summed E-state index contributed by atoms with van der Waals surface area (Å²) in [5, 5.41) is 3.00. The molecule has 10 heteroatoms. The van der Waals surface area contributed by atoms with Crippen molar-refractivity contribution in [3.63, 3.8) is 0 Å². The Hall–Kier alpha value is -2.33. The number of hydrogen-bond acceptors (Lipinski definition) is 5. The van der Waals surface area contributed by atoms with Gasteiger partial charge in [-0.15, -0.1) is 11.3 Å². The number of aryl methyl sites for hydroxylation is 1. The fourth-order valence-electron chi connectivity index (χ4n) is 2.69. The molecule has 3 aromatic rings. The van der Waals surface area contributed by atoms with Crippen molar-refractivity contribution in [2.24, 2.45) is 0 Å². The summed E-state index contributed by atoms with van der Waals surface area (Å²) in [4.78, 5) is 31.2. The largest absolute Gasteiger partial charge is 0.418 e. The highest BCUT2D eigenvalue weighted by molar-refractivity contribution is 7.98. The van der Waals surface area contributed by atoms with Crippen molar-refractivity contribution in [1.82, 2.24) is 9.55 Å². The predicted molar refractivity (Wildman–Crippen MR) is 105 cm³/mol. The number of para-hydroxylation sites is 1. The lowest BCUT2D eigenvalue weighted by Crippen LogP contribution is -2.30. The van der Waals surface area contributed by atoms with Crippen LogP contribution in [0.1, 0.15) is 17.4 Å². The highest BCUT2D eigenvalue weighted by atomic mass is 32.2. The van der Waals surface area contributed by atoms with Gasteiger partial charge in [0.05, 0.1) is 16.6 Å². The molecule has 0 unspecified atom stereocenters. The van der Waals surface area contributed by atoms with Gasteiger partial charge >= 0.3 is 6.18 Å². The Morgan fingerprint density at radius 3 is 2.68 bits per heavy atom. The molecule has 1 aromatic carbocycles. The van der Waals surface area contributed by atoms with E-state index in [9.17, 15) is 22.8 Å². The van der Waals surface area contributed by atoms with E-state index in [2.05, 4.69) is 10.3 Å². The number of hydrogen-bond donors (Lipinski definition) is 1. The van der Waals surface area contributed by atoms with E-state index in [1.165, 1.54) is 45.9 Å². The molecule has 0 spiro atoms. The summed E-state index contributed by atoms with van der Waals surface area (Å²) in [6, 6.07) is 6.45. The Bertz CT molecular complexity index is 1090. The van der Waals surface area contributed by atoms with E-state index in [1.54, 1.807) is 12.3 Å². The van der Waals surface area contributed by atoms with Gasteiger partial charge in [-0.3, -0.25) is 14.2 Å². The first kappa shape index (κ1) is 20.4. The molecule has 28 heavy (non-hydrogen) atoms. The van der Waals surface area contributed by atoms with Crippen LogP contribution in [0.25, 0.3) is 10.2 Å². The van der Waals surface area contributed by atoms with E-state index >= 15 is 0 Å². The number of anilines is 1. The smallest absolute Gasteiger partial charge is 0.324 e. The van der Waals surface area contributed by atoms with Gasteiger partial charge in [-0.1, -0.05) is 30.8 Å². The Morgan fingerprint density at radius 2 is 2.04 bits per heavy atom. The molecule has 5 nitrogen and oxygen atoms in total. The number of halogens is 3. The molecule has 2 heterocycles. The molecule has 0 saturated carbocycles. The topological polar surface area (TPSA) is 64.0 Å². The van der Waals surface area contributed by atoms with Gasteiger partial charge in [0.15, 0.2) is 5.16 Å². The number of benzene rings is 1. The van der Waals surface area contributed by atoms with Crippen LogP contribution in [-0.2, 0) is 23.9 Å². The van der Waals surface area contributed by atoms with Crippen LogP contribution in [0, 0.1) is 0 Å².